The van der Waals surface area contributed by atoms with Crippen LogP contribution in [0.15, 0.2) is 66.9 Å². The molecule has 1 heterocycles. The third-order valence-corrected chi connectivity index (χ3v) is 4.47. The Bertz CT molecular complexity index is 1210. The van der Waals surface area contributed by atoms with Crippen LogP contribution in [0.5, 0.6) is 17.2 Å². The third-order valence-electron chi connectivity index (χ3n) is 4.16. The van der Waals surface area contributed by atoms with Crippen LogP contribution in [0.25, 0.3) is 6.08 Å². The second-order valence-corrected chi connectivity index (χ2v) is 7.05. The molecule has 176 valence electrons. The van der Waals surface area contributed by atoms with Gasteiger partial charge in [0.15, 0.2) is 0 Å². The lowest BCUT2D eigenvalue weighted by atomic mass is 10.2. The van der Waals surface area contributed by atoms with Gasteiger partial charge in [0.2, 0.25) is 5.91 Å². The molecule has 2 aromatic carbocycles. The molecule has 11 heteroatoms. The molecular weight excluding hydrogens is 475 g/mol. The number of anilines is 1. The first-order chi connectivity index (χ1) is 16.1. The SMILES string of the molecule is CNC(=O)c1cc(Oc2ccc(NC(=O)C=Cc3ccc(Cl)c(OC(F)(F)F)c3)cc2)ccn1. The molecule has 2 N–H and O–H groups in total. The summed E-state index contributed by atoms with van der Waals surface area (Å²) in [6.07, 6.45) is -0.967. The van der Waals surface area contributed by atoms with Crippen LogP contribution in [0.3, 0.4) is 0 Å². The van der Waals surface area contributed by atoms with Crippen LogP contribution in [0.4, 0.5) is 18.9 Å². The van der Waals surface area contributed by atoms with E-state index in [1.807, 2.05) is 0 Å². The second-order valence-electron chi connectivity index (χ2n) is 6.64. The Kier molecular flexibility index (Phi) is 7.75. The number of aromatic nitrogens is 1. The standard InChI is InChI=1S/C23H17ClF3N3O4/c1-28-22(32)19-13-17(10-11-29-19)33-16-6-4-15(5-7-16)30-21(31)9-3-14-2-8-18(24)20(12-14)34-23(25,26)27/h2-13H,1H3,(H,28,32)(H,30,31). The van der Waals surface area contributed by atoms with E-state index in [0.29, 0.717) is 17.2 Å². The van der Waals surface area contributed by atoms with Gasteiger partial charge in [0.1, 0.15) is 22.9 Å². The summed E-state index contributed by atoms with van der Waals surface area (Å²) in [5.74, 6) is -0.555. The van der Waals surface area contributed by atoms with Gasteiger partial charge in [-0.3, -0.25) is 14.6 Å². The average molecular weight is 492 g/mol. The number of rotatable bonds is 7. The summed E-state index contributed by atoms with van der Waals surface area (Å²) in [5.41, 5.74) is 0.949. The fourth-order valence-electron chi connectivity index (χ4n) is 2.65. The monoisotopic (exact) mass is 491 g/mol. The molecule has 0 aliphatic rings. The first kappa shape index (κ1) is 24.6. The van der Waals surface area contributed by atoms with Gasteiger partial charge in [-0.15, -0.1) is 13.2 Å². The fraction of sp³-hybridized carbons (Fsp3) is 0.0870. The van der Waals surface area contributed by atoms with Gasteiger partial charge in [-0.05, 0) is 54.1 Å². The predicted molar refractivity (Wildman–Crippen MR) is 120 cm³/mol. The minimum Gasteiger partial charge on any atom is -0.457 e. The van der Waals surface area contributed by atoms with Gasteiger partial charge < -0.3 is 20.1 Å². The number of benzene rings is 2. The number of carbonyl (C=O) groups excluding carboxylic acids is 2. The molecule has 0 atom stereocenters. The van der Waals surface area contributed by atoms with Crippen molar-refractivity contribution >= 4 is 35.2 Å². The summed E-state index contributed by atoms with van der Waals surface area (Å²) in [4.78, 5) is 27.8. The quantitative estimate of drug-likeness (QED) is 0.430. The van der Waals surface area contributed by atoms with Gasteiger partial charge in [0.25, 0.3) is 5.91 Å². The molecule has 0 saturated carbocycles. The zero-order valence-corrected chi connectivity index (χ0v) is 18.3. The van der Waals surface area contributed by atoms with Crippen LogP contribution >= 0.6 is 11.6 Å². The maximum atomic E-state index is 12.4. The number of hydrogen-bond acceptors (Lipinski definition) is 5. The maximum absolute atomic E-state index is 12.4. The molecule has 7 nitrogen and oxygen atoms in total. The van der Waals surface area contributed by atoms with Crippen LogP contribution in [0.1, 0.15) is 16.1 Å². The number of nitrogens with zero attached hydrogens (tertiary/aromatic N) is 1. The molecule has 0 radical (unpaired) electrons. The van der Waals surface area contributed by atoms with Crippen molar-refractivity contribution in [3.8, 4) is 17.2 Å². The molecule has 0 fully saturated rings. The molecule has 1 aromatic heterocycles. The minimum absolute atomic E-state index is 0.202. The molecule has 3 aromatic rings. The summed E-state index contributed by atoms with van der Waals surface area (Å²) in [5, 5.41) is 4.88. The van der Waals surface area contributed by atoms with Crippen molar-refractivity contribution in [2.75, 3.05) is 12.4 Å². The molecule has 2 amide bonds. The Hall–Kier alpha value is -4.05. The van der Waals surface area contributed by atoms with E-state index in [9.17, 15) is 22.8 Å². The van der Waals surface area contributed by atoms with Crippen molar-refractivity contribution in [1.29, 1.82) is 0 Å². The Morgan fingerprint density at radius 1 is 1.03 bits per heavy atom. The second kappa shape index (κ2) is 10.7. The van der Waals surface area contributed by atoms with Gasteiger partial charge in [0, 0.05) is 31.1 Å². The molecule has 0 saturated heterocycles. The highest BCUT2D eigenvalue weighted by Gasteiger charge is 2.32. The summed E-state index contributed by atoms with van der Waals surface area (Å²) in [6, 6.07) is 13.2. The van der Waals surface area contributed by atoms with Gasteiger partial charge >= 0.3 is 6.36 Å². The highest BCUT2D eigenvalue weighted by molar-refractivity contribution is 6.32. The molecule has 34 heavy (non-hydrogen) atoms. The molecule has 0 aliphatic heterocycles. The van der Waals surface area contributed by atoms with Crippen molar-refractivity contribution in [3.05, 3.63) is 83.2 Å². The van der Waals surface area contributed by atoms with E-state index in [-0.39, 0.29) is 22.2 Å². The van der Waals surface area contributed by atoms with E-state index in [1.165, 1.54) is 37.5 Å². The zero-order valence-electron chi connectivity index (χ0n) is 17.5. The van der Waals surface area contributed by atoms with Crippen molar-refractivity contribution in [2.45, 2.75) is 6.36 Å². The van der Waals surface area contributed by atoms with E-state index in [0.717, 1.165) is 12.1 Å². The molecule has 0 spiro atoms. The smallest absolute Gasteiger partial charge is 0.457 e. The van der Waals surface area contributed by atoms with Crippen LogP contribution < -0.4 is 20.1 Å². The summed E-state index contributed by atoms with van der Waals surface area (Å²) in [7, 11) is 1.49. The van der Waals surface area contributed by atoms with E-state index < -0.39 is 18.0 Å². The normalized spacial score (nSPS) is 11.2. The van der Waals surface area contributed by atoms with E-state index in [4.69, 9.17) is 16.3 Å². The molecule has 0 unspecified atom stereocenters. The molecule has 3 rings (SSSR count). The molecule has 0 bridgehead atoms. The van der Waals surface area contributed by atoms with Crippen LogP contribution in [-0.2, 0) is 4.79 Å². The Balaban J connectivity index is 1.60. The topological polar surface area (TPSA) is 89.6 Å². The van der Waals surface area contributed by atoms with Crippen molar-refractivity contribution in [3.63, 3.8) is 0 Å². The lowest BCUT2D eigenvalue weighted by molar-refractivity contribution is -0.274. The Morgan fingerprint density at radius 3 is 2.44 bits per heavy atom. The maximum Gasteiger partial charge on any atom is 0.573 e. The lowest BCUT2D eigenvalue weighted by Crippen LogP contribution is -2.18. The Morgan fingerprint density at radius 2 is 1.76 bits per heavy atom. The number of hydrogen-bond donors (Lipinski definition) is 2. The summed E-state index contributed by atoms with van der Waals surface area (Å²) in [6.45, 7) is 0. The third kappa shape index (κ3) is 7.24. The predicted octanol–water partition coefficient (Wildman–Crippen LogP) is 5.44. The summed E-state index contributed by atoms with van der Waals surface area (Å²) >= 11 is 5.70. The van der Waals surface area contributed by atoms with Crippen LogP contribution in [0, 0.1) is 0 Å². The number of pyridine rings is 1. The molecule has 0 aliphatic carbocycles. The number of halogens is 4. The number of carbonyl (C=O) groups is 2. The van der Waals surface area contributed by atoms with E-state index >= 15 is 0 Å². The van der Waals surface area contributed by atoms with Crippen molar-refractivity contribution in [2.24, 2.45) is 0 Å². The van der Waals surface area contributed by atoms with Gasteiger partial charge in [-0.25, -0.2) is 0 Å². The van der Waals surface area contributed by atoms with Crippen molar-refractivity contribution in [1.82, 2.24) is 10.3 Å². The summed E-state index contributed by atoms with van der Waals surface area (Å²) < 4.78 is 46.8. The highest BCUT2D eigenvalue weighted by Crippen LogP contribution is 2.31. The van der Waals surface area contributed by atoms with Gasteiger partial charge in [-0.2, -0.15) is 0 Å². The fourth-order valence-corrected chi connectivity index (χ4v) is 2.81. The number of alkyl halides is 3. The first-order valence-corrected chi connectivity index (χ1v) is 10.0. The van der Waals surface area contributed by atoms with Gasteiger partial charge in [-0.1, -0.05) is 17.7 Å². The number of nitrogens with one attached hydrogen (secondary N) is 2. The molecular formula is C23H17ClF3N3O4. The van der Waals surface area contributed by atoms with Crippen LogP contribution in [0.2, 0.25) is 5.02 Å². The van der Waals surface area contributed by atoms with Crippen LogP contribution in [-0.4, -0.2) is 30.2 Å². The van der Waals surface area contributed by atoms with E-state index in [1.54, 1.807) is 30.3 Å². The zero-order chi connectivity index (χ0) is 24.7. The highest BCUT2D eigenvalue weighted by atomic mass is 35.5. The number of ether oxygens (including phenoxy) is 2. The minimum atomic E-state index is -4.89. The van der Waals surface area contributed by atoms with E-state index in [2.05, 4.69) is 20.4 Å². The van der Waals surface area contributed by atoms with Gasteiger partial charge in [0.05, 0.1) is 5.02 Å². The lowest BCUT2D eigenvalue weighted by Gasteiger charge is -2.10. The first-order valence-electron chi connectivity index (χ1n) is 9.63. The number of amides is 2. The Labute approximate surface area is 197 Å². The largest absolute Gasteiger partial charge is 0.573 e. The average Bonchev–Trinajstić information content (AvgIpc) is 2.79. The van der Waals surface area contributed by atoms with Crippen molar-refractivity contribution < 1.29 is 32.2 Å².